The maximum absolute atomic E-state index is 13.4. The van der Waals surface area contributed by atoms with E-state index in [4.69, 9.17) is 4.74 Å². The molecule has 0 bridgehead atoms. The largest absolute Gasteiger partial charge is 0.496 e. The second-order valence-corrected chi connectivity index (χ2v) is 3.89. The third-order valence-corrected chi connectivity index (χ3v) is 2.83. The number of methoxy groups -OCH3 is 1. The zero-order valence-corrected chi connectivity index (χ0v) is 10.4. The Morgan fingerprint density at radius 3 is 2.56 bits per heavy atom. The van der Waals surface area contributed by atoms with E-state index in [0.29, 0.717) is 5.75 Å². The van der Waals surface area contributed by atoms with Crippen molar-refractivity contribution >= 4 is 0 Å². The van der Waals surface area contributed by atoms with Crippen LogP contribution in [0.15, 0.2) is 42.7 Å². The smallest absolute Gasteiger partial charge is 0.124 e. The van der Waals surface area contributed by atoms with Gasteiger partial charge in [0.1, 0.15) is 11.6 Å². The van der Waals surface area contributed by atoms with Gasteiger partial charge in [0.2, 0.25) is 0 Å². The van der Waals surface area contributed by atoms with Gasteiger partial charge in [0.25, 0.3) is 0 Å². The van der Waals surface area contributed by atoms with E-state index in [2.05, 4.69) is 10.3 Å². The fraction of sp³-hybridized carbons (Fsp3) is 0.214. The molecule has 1 unspecified atom stereocenters. The Labute approximate surface area is 106 Å². The maximum Gasteiger partial charge on any atom is 0.124 e. The summed E-state index contributed by atoms with van der Waals surface area (Å²) in [4.78, 5) is 3.98. The van der Waals surface area contributed by atoms with Crippen LogP contribution in [0.25, 0.3) is 0 Å². The van der Waals surface area contributed by atoms with E-state index < -0.39 is 0 Å². The lowest BCUT2D eigenvalue weighted by atomic mass is 9.99. The van der Waals surface area contributed by atoms with Crippen molar-refractivity contribution in [1.82, 2.24) is 10.3 Å². The van der Waals surface area contributed by atoms with E-state index in [1.165, 1.54) is 12.1 Å². The molecule has 1 aromatic heterocycles. The van der Waals surface area contributed by atoms with Gasteiger partial charge in [-0.2, -0.15) is 0 Å². The molecule has 1 N–H and O–H groups in total. The first-order valence-corrected chi connectivity index (χ1v) is 5.67. The van der Waals surface area contributed by atoms with Crippen LogP contribution in [0.4, 0.5) is 4.39 Å². The average Bonchev–Trinajstić information content (AvgIpc) is 2.41. The van der Waals surface area contributed by atoms with Crippen molar-refractivity contribution in [2.75, 3.05) is 14.2 Å². The van der Waals surface area contributed by atoms with Crippen molar-refractivity contribution in [2.45, 2.75) is 6.04 Å². The molecule has 0 radical (unpaired) electrons. The molecule has 0 aliphatic rings. The van der Waals surface area contributed by atoms with E-state index in [1.54, 1.807) is 25.6 Å². The van der Waals surface area contributed by atoms with Gasteiger partial charge in [-0.05, 0) is 42.9 Å². The number of hydrogen-bond acceptors (Lipinski definition) is 3. The molecular weight excluding hydrogens is 231 g/mol. The zero-order chi connectivity index (χ0) is 13.0. The standard InChI is InChI=1S/C14H15FN2O/c1-16-14(10-5-7-17-8-6-10)12-9-11(15)3-4-13(12)18-2/h3-9,14,16H,1-2H3. The monoisotopic (exact) mass is 246 g/mol. The summed E-state index contributed by atoms with van der Waals surface area (Å²) in [6.07, 6.45) is 3.43. The summed E-state index contributed by atoms with van der Waals surface area (Å²) in [5.74, 6) is 0.382. The maximum atomic E-state index is 13.4. The zero-order valence-electron chi connectivity index (χ0n) is 10.4. The van der Waals surface area contributed by atoms with E-state index in [0.717, 1.165) is 11.1 Å². The van der Waals surface area contributed by atoms with Crippen molar-refractivity contribution in [1.29, 1.82) is 0 Å². The topological polar surface area (TPSA) is 34.2 Å². The van der Waals surface area contributed by atoms with E-state index >= 15 is 0 Å². The molecule has 2 rings (SSSR count). The minimum Gasteiger partial charge on any atom is -0.496 e. The molecule has 1 aromatic carbocycles. The number of rotatable bonds is 4. The second kappa shape index (κ2) is 5.60. The first-order valence-electron chi connectivity index (χ1n) is 5.67. The Kier molecular flexibility index (Phi) is 3.89. The third-order valence-electron chi connectivity index (χ3n) is 2.83. The Morgan fingerprint density at radius 2 is 1.94 bits per heavy atom. The van der Waals surface area contributed by atoms with Gasteiger partial charge in [0, 0.05) is 18.0 Å². The average molecular weight is 246 g/mol. The number of halogens is 1. The minimum atomic E-state index is -0.278. The molecule has 2 aromatic rings. The molecule has 0 amide bonds. The molecule has 0 aliphatic carbocycles. The summed E-state index contributed by atoms with van der Waals surface area (Å²) in [6.45, 7) is 0. The molecule has 3 nitrogen and oxygen atoms in total. The summed E-state index contributed by atoms with van der Waals surface area (Å²) in [5, 5.41) is 3.16. The molecule has 4 heteroatoms. The predicted molar refractivity (Wildman–Crippen MR) is 68.1 cm³/mol. The summed E-state index contributed by atoms with van der Waals surface area (Å²) in [7, 11) is 3.41. The number of aromatic nitrogens is 1. The van der Waals surface area contributed by atoms with Crippen LogP contribution in [0.1, 0.15) is 17.2 Å². The van der Waals surface area contributed by atoms with Crippen molar-refractivity contribution in [3.8, 4) is 5.75 Å². The highest BCUT2D eigenvalue weighted by Crippen LogP contribution is 2.30. The van der Waals surface area contributed by atoms with Gasteiger partial charge in [0.15, 0.2) is 0 Å². The van der Waals surface area contributed by atoms with Gasteiger partial charge in [-0.15, -0.1) is 0 Å². The van der Waals surface area contributed by atoms with Crippen LogP contribution in [0, 0.1) is 5.82 Å². The molecule has 94 valence electrons. The van der Waals surface area contributed by atoms with Gasteiger partial charge < -0.3 is 10.1 Å². The molecule has 0 saturated carbocycles. The van der Waals surface area contributed by atoms with Crippen molar-refractivity contribution in [2.24, 2.45) is 0 Å². The first kappa shape index (κ1) is 12.5. The van der Waals surface area contributed by atoms with Gasteiger partial charge in [-0.25, -0.2) is 4.39 Å². The van der Waals surface area contributed by atoms with Gasteiger partial charge in [-0.1, -0.05) is 0 Å². The minimum absolute atomic E-state index is 0.126. The summed E-state index contributed by atoms with van der Waals surface area (Å²) < 4.78 is 18.7. The summed E-state index contributed by atoms with van der Waals surface area (Å²) in [6, 6.07) is 8.17. The highest BCUT2D eigenvalue weighted by atomic mass is 19.1. The van der Waals surface area contributed by atoms with Crippen molar-refractivity contribution in [3.63, 3.8) is 0 Å². The predicted octanol–water partition coefficient (Wildman–Crippen LogP) is 2.54. The van der Waals surface area contributed by atoms with Gasteiger partial charge in [-0.3, -0.25) is 4.98 Å². The number of nitrogens with one attached hydrogen (secondary N) is 1. The SMILES string of the molecule is CNC(c1ccncc1)c1cc(F)ccc1OC. The molecule has 1 heterocycles. The van der Waals surface area contributed by atoms with Crippen LogP contribution in [-0.4, -0.2) is 19.1 Å². The molecule has 18 heavy (non-hydrogen) atoms. The van der Waals surface area contributed by atoms with Crippen LogP contribution < -0.4 is 10.1 Å². The Hall–Kier alpha value is -1.94. The molecular formula is C14H15FN2O. The molecule has 0 spiro atoms. The van der Waals surface area contributed by atoms with E-state index in [1.807, 2.05) is 19.2 Å². The lowest BCUT2D eigenvalue weighted by Gasteiger charge is -2.19. The van der Waals surface area contributed by atoms with Crippen LogP contribution in [0.3, 0.4) is 0 Å². The normalized spacial score (nSPS) is 12.2. The van der Waals surface area contributed by atoms with Gasteiger partial charge in [0.05, 0.1) is 13.2 Å². The van der Waals surface area contributed by atoms with E-state index in [9.17, 15) is 4.39 Å². The number of hydrogen-bond donors (Lipinski definition) is 1. The van der Waals surface area contributed by atoms with E-state index in [-0.39, 0.29) is 11.9 Å². The summed E-state index contributed by atoms with van der Waals surface area (Å²) >= 11 is 0. The highest BCUT2D eigenvalue weighted by molar-refractivity contribution is 5.41. The molecule has 0 fully saturated rings. The number of pyridine rings is 1. The fourth-order valence-corrected chi connectivity index (χ4v) is 1.99. The Morgan fingerprint density at radius 1 is 1.22 bits per heavy atom. The quantitative estimate of drug-likeness (QED) is 0.900. The van der Waals surface area contributed by atoms with Crippen LogP contribution in [0.5, 0.6) is 5.75 Å². The number of benzene rings is 1. The van der Waals surface area contributed by atoms with Gasteiger partial charge >= 0.3 is 0 Å². The van der Waals surface area contributed by atoms with Crippen molar-refractivity contribution in [3.05, 3.63) is 59.7 Å². The van der Waals surface area contributed by atoms with Crippen LogP contribution >= 0.6 is 0 Å². The lowest BCUT2D eigenvalue weighted by molar-refractivity contribution is 0.404. The number of nitrogens with zero attached hydrogens (tertiary/aromatic N) is 1. The molecule has 0 saturated heterocycles. The van der Waals surface area contributed by atoms with Crippen molar-refractivity contribution < 1.29 is 9.13 Å². The molecule has 0 aliphatic heterocycles. The van der Waals surface area contributed by atoms with Crippen LogP contribution in [0.2, 0.25) is 0 Å². The summed E-state index contributed by atoms with van der Waals surface area (Å²) in [5.41, 5.74) is 1.78. The lowest BCUT2D eigenvalue weighted by Crippen LogP contribution is -2.18. The Bertz CT molecular complexity index is 516. The number of ether oxygens (including phenoxy) is 1. The first-order chi connectivity index (χ1) is 8.76. The Balaban J connectivity index is 2.48. The van der Waals surface area contributed by atoms with Crippen LogP contribution in [-0.2, 0) is 0 Å². The fourth-order valence-electron chi connectivity index (χ4n) is 1.99. The third kappa shape index (κ3) is 2.49. The molecule has 1 atom stereocenters. The second-order valence-electron chi connectivity index (χ2n) is 3.89. The highest BCUT2D eigenvalue weighted by Gasteiger charge is 2.17.